The molecule has 2 aliphatic rings. The van der Waals surface area contributed by atoms with Crippen molar-refractivity contribution in [2.45, 2.75) is 31.5 Å². The highest BCUT2D eigenvalue weighted by Crippen LogP contribution is 2.29. The Morgan fingerprint density at radius 2 is 2.06 bits per heavy atom. The van der Waals surface area contributed by atoms with E-state index in [2.05, 4.69) is 6.07 Å². The minimum atomic E-state index is -0.772. The molecule has 0 aromatic heterocycles. The monoisotopic (exact) mass is 436 g/mol. The standard InChI is InChI=1S/C24H25FN4O3/c1-28-13-18-9-15(5-6-20(18)24(28)31)16-3-4-17(21(25)11-16)10-19(12-26)29-7-2-8-32-22(14-29)23(27)30/h3-6,9,11,19,22H,2,7-8,10,13-14H2,1H3,(H2,27,30)/t19-,22-/m0/s1. The maximum absolute atomic E-state index is 15.0. The van der Waals surface area contributed by atoms with Crippen molar-refractivity contribution in [1.82, 2.24) is 9.80 Å². The molecule has 0 unspecified atom stereocenters. The lowest BCUT2D eigenvalue weighted by Crippen LogP contribution is -2.45. The summed E-state index contributed by atoms with van der Waals surface area (Å²) in [6.07, 6.45) is 0.0862. The van der Waals surface area contributed by atoms with Gasteiger partial charge in [0, 0.05) is 45.3 Å². The number of primary amides is 1. The molecule has 2 aromatic carbocycles. The van der Waals surface area contributed by atoms with Crippen LogP contribution in [-0.4, -0.2) is 60.5 Å². The minimum absolute atomic E-state index is 0.00638. The third-order valence-electron chi connectivity index (χ3n) is 6.11. The zero-order valence-electron chi connectivity index (χ0n) is 17.9. The smallest absolute Gasteiger partial charge is 0.254 e. The number of hydrogen-bond acceptors (Lipinski definition) is 5. The fourth-order valence-electron chi connectivity index (χ4n) is 4.31. The second kappa shape index (κ2) is 9.07. The number of carbonyl (C=O) groups is 2. The zero-order chi connectivity index (χ0) is 22.8. The Hall–Kier alpha value is -3.28. The topological polar surface area (TPSA) is 99.7 Å². The summed E-state index contributed by atoms with van der Waals surface area (Å²) in [6.45, 7) is 1.73. The lowest BCUT2D eigenvalue weighted by Gasteiger charge is -2.27. The number of fused-ring (bicyclic) bond motifs is 1. The van der Waals surface area contributed by atoms with Crippen LogP contribution in [0.15, 0.2) is 36.4 Å². The van der Waals surface area contributed by atoms with Crippen molar-refractivity contribution in [3.8, 4) is 17.2 Å². The highest BCUT2D eigenvalue weighted by Gasteiger charge is 2.29. The molecule has 2 aliphatic heterocycles. The van der Waals surface area contributed by atoms with Gasteiger partial charge in [-0.05, 0) is 46.9 Å². The van der Waals surface area contributed by atoms with E-state index in [1.807, 2.05) is 23.1 Å². The highest BCUT2D eigenvalue weighted by molar-refractivity contribution is 5.98. The van der Waals surface area contributed by atoms with Crippen LogP contribution in [0.1, 0.15) is 27.9 Å². The Bertz CT molecular complexity index is 1100. The van der Waals surface area contributed by atoms with Crippen molar-refractivity contribution in [2.24, 2.45) is 5.73 Å². The number of benzene rings is 2. The maximum atomic E-state index is 15.0. The molecule has 0 aliphatic carbocycles. The van der Waals surface area contributed by atoms with E-state index in [4.69, 9.17) is 10.5 Å². The number of hydrogen-bond donors (Lipinski definition) is 1. The van der Waals surface area contributed by atoms with Gasteiger partial charge in [-0.3, -0.25) is 14.5 Å². The van der Waals surface area contributed by atoms with Gasteiger partial charge in [0.05, 0.1) is 6.07 Å². The van der Waals surface area contributed by atoms with E-state index < -0.39 is 23.9 Å². The van der Waals surface area contributed by atoms with E-state index in [9.17, 15) is 19.2 Å². The van der Waals surface area contributed by atoms with E-state index >= 15 is 0 Å². The Morgan fingerprint density at radius 1 is 1.31 bits per heavy atom. The molecule has 2 aromatic rings. The van der Waals surface area contributed by atoms with Gasteiger partial charge in [-0.25, -0.2) is 4.39 Å². The summed E-state index contributed by atoms with van der Waals surface area (Å²) in [4.78, 5) is 27.1. The van der Waals surface area contributed by atoms with Crippen molar-refractivity contribution in [3.63, 3.8) is 0 Å². The Balaban J connectivity index is 1.52. The SMILES string of the molecule is CN1Cc2cc(-c3ccc(C[C@@H](C#N)N4CCCO[C@H](C(N)=O)C4)c(F)c3)ccc2C1=O. The molecule has 1 saturated heterocycles. The van der Waals surface area contributed by atoms with Crippen molar-refractivity contribution < 1.29 is 18.7 Å². The quantitative estimate of drug-likeness (QED) is 0.774. The number of nitriles is 1. The number of rotatable bonds is 5. The lowest BCUT2D eigenvalue weighted by molar-refractivity contribution is -0.129. The van der Waals surface area contributed by atoms with Crippen LogP contribution in [0.5, 0.6) is 0 Å². The van der Waals surface area contributed by atoms with Crippen LogP contribution in [0.3, 0.4) is 0 Å². The normalized spacial score (nSPS) is 19.8. The number of nitrogens with zero attached hydrogens (tertiary/aromatic N) is 3. The third kappa shape index (κ3) is 4.35. The van der Waals surface area contributed by atoms with Gasteiger partial charge >= 0.3 is 0 Å². The maximum Gasteiger partial charge on any atom is 0.254 e. The van der Waals surface area contributed by atoms with Gasteiger partial charge in [-0.1, -0.05) is 18.2 Å². The zero-order valence-corrected chi connectivity index (χ0v) is 17.9. The Kier molecular flexibility index (Phi) is 6.21. The molecule has 8 heteroatoms. The fourth-order valence-corrected chi connectivity index (χ4v) is 4.31. The summed E-state index contributed by atoms with van der Waals surface area (Å²) >= 11 is 0. The first-order chi connectivity index (χ1) is 15.4. The summed E-state index contributed by atoms with van der Waals surface area (Å²) in [7, 11) is 1.75. The van der Waals surface area contributed by atoms with Gasteiger partial charge in [-0.15, -0.1) is 0 Å². The largest absolute Gasteiger partial charge is 0.367 e. The van der Waals surface area contributed by atoms with Crippen LogP contribution in [-0.2, 0) is 22.5 Å². The van der Waals surface area contributed by atoms with E-state index in [1.165, 1.54) is 6.07 Å². The van der Waals surface area contributed by atoms with Crippen LogP contribution in [0.2, 0.25) is 0 Å². The van der Waals surface area contributed by atoms with Crippen molar-refractivity contribution in [3.05, 3.63) is 58.9 Å². The van der Waals surface area contributed by atoms with Crippen LogP contribution in [0, 0.1) is 17.1 Å². The van der Waals surface area contributed by atoms with Gasteiger partial charge in [-0.2, -0.15) is 5.26 Å². The summed E-state index contributed by atoms with van der Waals surface area (Å²) in [5.41, 5.74) is 8.97. The van der Waals surface area contributed by atoms with Crippen molar-refractivity contribution in [2.75, 3.05) is 26.7 Å². The molecule has 2 amide bonds. The van der Waals surface area contributed by atoms with Crippen LogP contribution >= 0.6 is 0 Å². The fraction of sp³-hybridized carbons (Fsp3) is 0.375. The molecule has 1 fully saturated rings. The Labute approximate surface area is 186 Å². The first-order valence-electron chi connectivity index (χ1n) is 10.6. The number of ether oxygens (including phenoxy) is 1. The molecule has 2 atom stereocenters. The molecular formula is C24H25FN4O3. The lowest BCUT2D eigenvalue weighted by atomic mass is 9.97. The van der Waals surface area contributed by atoms with E-state index in [1.54, 1.807) is 24.1 Å². The van der Waals surface area contributed by atoms with Crippen LogP contribution < -0.4 is 5.73 Å². The summed E-state index contributed by atoms with van der Waals surface area (Å²) in [5, 5.41) is 9.71. The predicted molar refractivity (Wildman–Crippen MR) is 116 cm³/mol. The average Bonchev–Trinajstić information content (AvgIpc) is 2.94. The molecule has 2 N–H and O–H groups in total. The van der Waals surface area contributed by atoms with Crippen LogP contribution in [0.25, 0.3) is 11.1 Å². The van der Waals surface area contributed by atoms with Gasteiger partial charge in [0.2, 0.25) is 5.91 Å². The molecule has 166 valence electrons. The molecule has 2 heterocycles. The van der Waals surface area contributed by atoms with Crippen molar-refractivity contribution >= 4 is 11.8 Å². The predicted octanol–water partition coefficient (Wildman–Crippen LogP) is 2.09. The van der Waals surface area contributed by atoms with Crippen LogP contribution in [0.4, 0.5) is 4.39 Å². The number of carbonyl (C=O) groups excluding carboxylic acids is 2. The second-order valence-electron chi connectivity index (χ2n) is 8.30. The number of amides is 2. The highest BCUT2D eigenvalue weighted by atomic mass is 19.1. The third-order valence-corrected chi connectivity index (χ3v) is 6.11. The van der Waals surface area contributed by atoms with Gasteiger partial charge < -0.3 is 15.4 Å². The van der Waals surface area contributed by atoms with Crippen molar-refractivity contribution in [1.29, 1.82) is 5.26 Å². The summed E-state index contributed by atoms with van der Waals surface area (Å²) < 4.78 is 20.4. The van der Waals surface area contributed by atoms with Gasteiger partial charge in [0.1, 0.15) is 18.0 Å². The van der Waals surface area contributed by atoms with Gasteiger partial charge in [0.15, 0.2) is 0 Å². The summed E-state index contributed by atoms with van der Waals surface area (Å²) in [5.74, 6) is -0.964. The minimum Gasteiger partial charge on any atom is -0.367 e. The summed E-state index contributed by atoms with van der Waals surface area (Å²) in [6, 6.07) is 12.1. The molecule has 32 heavy (non-hydrogen) atoms. The molecule has 0 saturated carbocycles. The molecule has 0 radical (unpaired) electrons. The Morgan fingerprint density at radius 3 is 2.78 bits per heavy atom. The molecular weight excluding hydrogens is 411 g/mol. The second-order valence-corrected chi connectivity index (χ2v) is 8.30. The molecule has 0 bridgehead atoms. The molecule has 0 spiro atoms. The van der Waals surface area contributed by atoms with Gasteiger partial charge in [0.25, 0.3) is 5.91 Å². The number of nitrogens with two attached hydrogens (primary N) is 1. The molecule has 7 nitrogen and oxygen atoms in total. The first kappa shape index (κ1) is 21.9. The van der Waals surface area contributed by atoms with E-state index in [0.29, 0.717) is 42.8 Å². The first-order valence-corrected chi connectivity index (χ1v) is 10.6. The molecule has 4 rings (SSSR count). The number of halogens is 1. The average molecular weight is 436 g/mol. The van der Waals surface area contributed by atoms with E-state index in [-0.39, 0.29) is 18.9 Å². The van der Waals surface area contributed by atoms with E-state index in [0.717, 1.165) is 11.1 Å².